The molecule has 24 heavy (non-hydrogen) atoms. The van der Waals surface area contributed by atoms with Crippen molar-refractivity contribution in [3.8, 4) is 5.75 Å². The molecule has 0 heterocycles. The van der Waals surface area contributed by atoms with E-state index >= 15 is 0 Å². The molecule has 0 aliphatic heterocycles. The minimum atomic E-state index is -7.33. The first-order chi connectivity index (χ1) is 10.5. The highest BCUT2D eigenvalue weighted by Crippen LogP contribution is 2.54. The summed E-state index contributed by atoms with van der Waals surface area (Å²) in [6.45, 7) is 1.09. The standard InChI is InChI=1S/C11H7F9O3S/c1-6-4-2-3-5-7(6)23-24(21,22)11(19,20)9(14,15)8(12,13)10(16,17)18/h2-5H,1H3. The Labute approximate surface area is 129 Å². The molecule has 0 spiro atoms. The fourth-order valence-electron chi connectivity index (χ4n) is 1.34. The largest absolute Gasteiger partial charge is 0.460 e. The number of aryl methyl sites for hydroxylation is 1. The zero-order chi connectivity index (χ0) is 19.2. The molecule has 0 unspecified atom stereocenters. The molecule has 0 fully saturated rings. The van der Waals surface area contributed by atoms with Crippen molar-refractivity contribution in [2.75, 3.05) is 0 Å². The molecule has 3 nitrogen and oxygen atoms in total. The van der Waals surface area contributed by atoms with Crippen LogP contribution in [0.5, 0.6) is 5.75 Å². The molecular weight excluding hydrogens is 383 g/mol. The van der Waals surface area contributed by atoms with E-state index in [1.54, 1.807) is 0 Å². The molecule has 13 heteroatoms. The second-order valence-corrected chi connectivity index (χ2v) is 6.05. The molecular formula is C11H7F9O3S. The normalized spacial score (nSPS) is 14.6. The number of halogens is 9. The molecule has 1 aromatic carbocycles. The third-order valence-electron chi connectivity index (χ3n) is 2.72. The number of hydrogen-bond donors (Lipinski definition) is 0. The van der Waals surface area contributed by atoms with Crippen molar-refractivity contribution in [2.45, 2.75) is 30.2 Å². The van der Waals surface area contributed by atoms with Crippen molar-refractivity contribution in [3.63, 3.8) is 0 Å². The third kappa shape index (κ3) is 3.00. The first-order valence-corrected chi connectivity index (χ1v) is 7.09. The molecule has 0 aliphatic rings. The van der Waals surface area contributed by atoms with Crippen molar-refractivity contribution >= 4 is 10.1 Å². The Bertz CT molecular complexity index is 710. The number of rotatable bonds is 5. The summed E-state index contributed by atoms with van der Waals surface area (Å²) < 4.78 is 140. The van der Waals surface area contributed by atoms with Gasteiger partial charge in [-0.1, -0.05) is 18.2 Å². The van der Waals surface area contributed by atoms with Crippen molar-refractivity contribution < 1.29 is 52.1 Å². The first kappa shape index (κ1) is 20.4. The molecule has 0 aromatic heterocycles. The van der Waals surface area contributed by atoms with Crippen molar-refractivity contribution in [1.82, 2.24) is 0 Å². The van der Waals surface area contributed by atoms with Crippen LogP contribution in [0.4, 0.5) is 39.5 Å². The smallest absolute Gasteiger partial charge is 0.378 e. The fourth-order valence-corrected chi connectivity index (χ4v) is 2.31. The quantitative estimate of drug-likeness (QED) is 0.561. The van der Waals surface area contributed by atoms with Crippen LogP contribution in [-0.4, -0.2) is 31.7 Å². The van der Waals surface area contributed by atoms with E-state index < -0.39 is 39.1 Å². The minimum Gasteiger partial charge on any atom is -0.378 e. The molecule has 0 N–H and O–H groups in total. The molecule has 0 radical (unpaired) electrons. The van der Waals surface area contributed by atoms with E-state index in [1.165, 1.54) is 6.07 Å². The Balaban J connectivity index is 3.38. The van der Waals surface area contributed by atoms with Gasteiger partial charge in [-0.15, -0.1) is 0 Å². The van der Waals surface area contributed by atoms with Crippen molar-refractivity contribution in [2.24, 2.45) is 0 Å². The van der Waals surface area contributed by atoms with Crippen molar-refractivity contribution in [1.29, 1.82) is 0 Å². The van der Waals surface area contributed by atoms with Gasteiger partial charge in [-0.05, 0) is 18.6 Å². The van der Waals surface area contributed by atoms with Crippen molar-refractivity contribution in [3.05, 3.63) is 29.8 Å². The Morgan fingerprint density at radius 3 is 1.71 bits per heavy atom. The van der Waals surface area contributed by atoms with E-state index in [2.05, 4.69) is 4.18 Å². The molecule has 1 aromatic rings. The SMILES string of the molecule is Cc1ccccc1OS(=O)(=O)C(F)(F)C(F)(F)C(F)(F)C(F)(F)F. The van der Waals surface area contributed by atoms with Gasteiger partial charge in [0.25, 0.3) is 0 Å². The van der Waals surface area contributed by atoms with Gasteiger partial charge in [0.2, 0.25) is 0 Å². The number of benzene rings is 1. The summed E-state index contributed by atoms with van der Waals surface area (Å²) in [5.74, 6) is -15.6. The van der Waals surface area contributed by atoms with Gasteiger partial charge in [-0.2, -0.15) is 47.9 Å². The van der Waals surface area contributed by atoms with Crippen LogP contribution < -0.4 is 4.18 Å². The molecule has 0 atom stereocenters. The molecule has 0 bridgehead atoms. The Kier molecular flexibility index (Phi) is 4.85. The monoisotopic (exact) mass is 390 g/mol. The Hall–Kier alpha value is -1.66. The maximum absolute atomic E-state index is 13.4. The predicted octanol–water partition coefficient (Wildman–Crippen LogP) is 4.13. The number of alkyl halides is 9. The zero-order valence-electron chi connectivity index (χ0n) is 11.3. The summed E-state index contributed by atoms with van der Waals surface area (Å²) in [6.07, 6.45) is -7.13. The summed E-state index contributed by atoms with van der Waals surface area (Å²) in [7, 11) is -6.90. The molecule has 138 valence electrons. The van der Waals surface area contributed by atoms with Crippen LogP contribution in [0.3, 0.4) is 0 Å². The number of hydrogen-bond acceptors (Lipinski definition) is 3. The lowest BCUT2D eigenvalue weighted by Gasteiger charge is -2.32. The van der Waals surface area contributed by atoms with Gasteiger partial charge in [0, 0.05) is 0 Å². The topological polar surface area (TPSA) is 43.4 Å². The van der Waals surface area contributed by atoms with Gasteiger partial charge in [0.05, 0.1) is 0 Å². The Morgan fingerprint density at radius 1 is 0.833 bits per heavy atom. The molecule has 0 amide bonds. The van der Waals surface area contributed by atoms with Crippen LogP contribution in [-0.2, 0) is 10.1 Å². The highest BCUT2D eigenvalue weighted by atomic mass is 32.2. The predicted molar refractivity (Wildman–Crippen MR) is 61.6 cm³/mol. The fraction of sp³-hybridized carbons (Fsp3) is 0.455. The van der Waals surface area contributed by atoms with Crippen LogP contribution >= 0.6 is 0 Å². The maximum atomic E-state index is 13.4. The summed E-state index contributed by atoms with van der Waals surface area (Å²) in [5.41, 5.74) is -0.178. The average molecular weight is 390 g/mol. The van der Waals surface area contributed by atoms with Gasteiger partial charge in [-0.25, -0.2) is 0 Å². The second kappa shape index (κ2) is 5.70. The average Bonchev–Trinajstić information content (AvgIpc) is 2.39. The molecule has 0 aliphatic carbocycles. The van der Waals surface area contributed by atoms with E-state index in [1.807, 2.05) is 0 Å². The van der Waals surface area contributed by atoms with Crippen LogP contribution in [0.15, 0.2) is 24.3 Å². The lowest BCUT2D eigenvalue weighted by molar-refractivity contribution is -0.382. The first-order valence-electron chi connectivity index (χ1n) is 5.69. The van der Waals surface area contributed by atoms with Crippen LogP contribution in [0.2, 0.25) is 0 Å². The summed E-state index contributed by atoms with van der Waals surface area (Å²) in [4.78, 5) is 0. The molecule has 0 saturated carbocycles. The van der Waals surface area contributed by atoms with E-state index in [0.29, 0.717) is 6.07 Å². The van der Waals surface area contributed by atoms with Gasteiger partial charge in [0.15, 0.2) is 0 Å². The zero-order valence-corrected chi connectivity index (χ0v) is 12.2. The van der Waals surface area contributed by atoms with Crippen LogP contribution in [0.25, 0.3) is 0 Å². The minimum absolute atomic E-state index is 0.178. The molecule has 1 rings (SSSR count). The lowest BCUT2D eigenvalue weighted by atomic mass is 10.1. The van der Waals surface area contributed by atoms with Gasteiger partial charge >= 0.3 is 33.4 Å². The van der Waals surface area contributed by atoms with Gasteiger partial charge in [-0.3, -0.25) is 0 Å². The van der Waals surface area contributed by atoms with Crippen LogP contribution in [0, 0.1) is 6.92 Å². The summed E-state index contributed by atoms with van der Waals surface area (Å²) in [5, 5.41) is -6.87. The highest BCUT2D eigenvalue weighted by Gasteiger charge is 2.86. The summed E-state index contributed by atoms with van der Waals surface area (Å²) >= 11 is 0. The lowest BCUT2D eigenvalue weighted by Crippen LogP contribution is -2.63. The van der Waals surface area contributed by atoms with Gasteiger partial charge in [0.1, 0.15) is 5.75 Å². The van der Waals surface area contributed by atoms with E-state index in [-0.39, 0.29) is 5.56 Å². The number of para-hydroxylation sites is 1. The van der Waals surface area contributed by atoms with Gasteiger partial charge < -0.3 is 4.18 Å². The van der Waals surface area contributed by atoms with E-state index in [0.717, 1.165) is 19.1 Å². The third-order valence-corrected chi connectivity index (χ3v) is 4.01. The van der Waals surface area contributed by atoms with Crippen LogP contribution in [0.1, 0.15) is 5.56 Å². The molecule has 0 saturated heterocycles. The second-order valence-electron chi connectivity index (χ2n) is 4.47. The highest BCUT2D eigenvalue weighted by molar-refractivity contribution is 7.88. The maximum Gasteiger partial charge on any atom is 0.460 e. The van der Waals surface area contributed by atoms with E-state index in [4.69, 9.17) is 0 Å². The Morgan fingerprint density at radius 2 is 1.29 bits per heavy atom. The summed E-state index contributed by atoms with van der Waals surface area (Å²) in [6, 6.07) is 4.09. The van der Waals surface area contributed by atoms with E-state index in [9.17, 15) is 47.9 Å².